The third-order valence-corrected chi connectivity index (χ3v) is 5.30. The van der Waals surface area contributed by atoms with Crippen LogP contribution in [0.25, 0.3) is 0 Å². The second kappa shape index (κ2) is 12.5. The molecule has 0 saturated heterocycles. The summed E-state index contributed by atoms with van der Waals surface area (Å²) in [5.41, 5.74) is -1.25. The molecule has 0 amide bonds. The second-order valence-electron chi connectivity index (χ2n) is 7.08. The van der Waals surface area contributed by atoms with E-state index in [9.17, 15) is 18.9 Å². The van der Waals surface area contributed by atoms with Crippen LogP contribution in [0.5, 0.6) is 5.75 Å². The van der Waals surface area contributed by atoms with Gasteiger partial charge in [0.15, 0.2) is 6.23 Å². The second-order valence-corrected chi connectivity index (χ2v) is 8.78. The summed E-state index contributed by atoms with van der Waals surface area (Å²) in [6.07, 6.45) is 6.29. The van der Waals surface area contributed by atoms with E-state index in [-0.39, 0.29) is 24.0 Å². The summed E-state index contributed by atoms with van der Waals surface area (Å²) in [5, 5.41) is 2.44. The maximum Gasteiger partial charge on any atom is 0.512 e. The number of nitrogens with one attached hydrogen (secondary N) is 2. The minimum absolute atomic E-state index is 0.0385. The Hall–Kier alpha value is -3.74. The summed E-state index contributed by atoms with van der Waals surface area (Å²) in [6.45, 7) is 4.43. The Balaban J connectivity index is 2.22. The fraction of sp³-hybridized carbons (Fsp3) is 0.318. The minimum atomic E-state index is -4.14. The zero-order valence-electron chi connectivity index (χ0n) is 18.9. The standard InChI is InChI=1S/C22H26N3O8P/c1-5-9-19(32-17(4)25-13-12-20(26)24-22(25)28)15-30-34(29,23-14-21(27)31-16(2)3)33-18-10-7-6-8-11-18/h1,6-8,10-13,15-17H,9,14H2,2-4H3,(H,23,29)(H,24,26,28)/b19-15-. The van der Waals surface area contributed by atoms with Crippen LogP contribution >= 0.6 is 7.75 Å². The largest absolute Gasteiger partial charge is 0.512 e. The molecule has 2 unspecified atom stereocenters. The lowest BCUT2D eigenvalue weighted by molar-refractivity contribution is -0.145. The number of carbonyl (C=O) groups is 1. The Kier molecular flexibility index (Phi) is 9.74. The number of nitrogens with zero attached hydrogens (tertiary/aromatic N) is 1. The predicted octanol–water partition coefficient (Wildman–Crippen LogP) is 2.68. The highest BCUT2D eigenvalue weighted by Crippen LogP contribution is 2.44. The number of benzene rings is 1. The van der Waals surface area contributed by atoms with Crippen LogP contribution in [0.15, 0.2) is 64.2 Å². The maximum absolute atomic E-state index is 13.3. The number of carbonyl (C=O) groups excluding carboxylic acids is 1. The highest BCUT2D eigenvalue weighted by molar-refractivity contribution is 7.52. The van der Waals surface area contributed by atoms with Gasteiger partial charge < -0.3 is 18.5 Å². The molecule has 1 heterocycles. The van der Waals surface area contributed by atoms with Crippen LogP contribution in [0.1, 0.15) is 33.4 Å². The van der Waals surface area contributed by atoms with E-state index in [1.165, 1.54) is 13.1 Å². The van der Waals surface area contributed by atoms with Crippen molar-refractivity contribution in [2.24, 2.45) is 0 Å². The zero-order chi connectivity index (χ0) is 25.1. The first-order valence-corrected chi connectivity index (χ1v) is 11.7. The van der Waals surface area contributed by atoms with Gasteiger partial charge in [0.2, 0.25) is 0 Å². The molecular weight excluding hydrogens is 465 g/mol. The van der Waals surface area contributed by atoms with E-state index in [1.807, 2.05) is 0 Å². The number of aromatic amines is 1. The van der Waals surface area contributed by atoms with E-state index in [2.05, 4.69) is 16.0 Å². The van der Waals surface area contributed by atoms with Gasteiger partial charge in [0.1, 0.15) is 24.3 Å². The normalized spacial score (nSPS) is 13.9. The van der Waals surface area contributed by atoms with Gasteiger partial charge in [0.05, 0.1) is 12.5 Å². The van der Waals surface area contributed by atoms with Crippen LogP contribution in [0, 0.1) is 12.3 Å². The quantitative estimate of drug-likeness (QED) is 0.199. The molecule has 2 rings (SSSR count). The van der Waals surface area contributed by atoms with Gasteiger partial charge in [-0.2, -0.15) is 5.09 Å². The summed E-state index contributed by atoms with van der Waals surface area (Å²) in [6, 6.07) is 9.34. The van der Waals surface area contributed by atoms with E-state index < -0.39 is 37.7 Å². The monoisotopic (exact) mass is 491 g/mol. The van der Waals surface area contributed by atoms with Gasteiger partial charge in [0.25, 0.3) is 5.56 Å². The van der Waals surface area contributed by atoms with Crippen LogP contribution < -0.4 is 20.9 Å². The Morgan fingerprint density at radius 3 is 2.53 bits per heavy atom. The van der Waals surface area contributed by atoms with Crippen LogP contribution in [0.2, 0.25) is 0 Å². The molecule has 0 aliphatic heterocycles. The number of hydrogen-bond donors (Lipinski definition) is 2. The fourth-order valence-electron chi connectivity index (χ4n) is 2.51. The number of esters is 1. The third kappa shape index (κ3) is 8.65. The van der Waals surface area contributed by atoms with E-state index in [0.717, 1.165) is 16.9 Å². The number of hydrogen-bond acceptors (Lipinski definition) is 8. The number of ether oxygens (including phenoxy) is 2. The van der Waals surface area contributed by atoms with Crippen LogP contribution in [-0.2, 0) is 23.4 Å². The van der Waals surface area contributed by atoms with Crippen LogP contribution in [0.4, 0.5) is 0 Å². The van der Waals surface area contributed by atoms with Crippen LogP contribution in [0.3, 0.4) is 0 Å². The summed E-state index contributed by atoms with van der Waals surface area (Å²) < 4.78 is 36.0. The average Bonchev–Trinajstić information content (AvgIpc) is 2.76. The number of aromatic nitrogens is 2. The van der Waals surface area contributed by atoms with Crippen molar-refractivity contribution in [3.8, 4) is 18.1 Å². The predicted molar refractivity (Wildman–Crippen MR) is 124 cm³/mol. The molecule has 2 aromatic rings. The fourth-order valence-corrected chi connectivity index (χ4v) is 3.67. The topological polar surface area (TPSA) is 138 Å². The zero-order valence-corrected chi connectivity index (χ0v) is 19.8. The first kappa shape index (κ1) is 26.5. The van der Waals surface area contributed by atoms with Gasteiger partial charge >= 0.3 is 19.4 Å². The van der Waals surface area contributed by atoms with Crippen molar-refractivity contribution in [1.29, 1.82) is 0 Å². The lowest BCUT2D eigenvalue weighted by Gasteiger charge is -2.21. The van der Waals surface area contributed by atoms with Crippen molar-refractivity contribution in [2.45, 2.75) is 39.5 Å². The molecule has 0 aliphatic carbocycles. The number of allylic oxidation sites excluding steroid dienone is 1. The van der Waals surface area contributed by atoms with Crippen molar-refractivity contribution in [2.75, 3.05) is 6.54 Å². The molecule has 0 saturated carbocycles. The lowest BCUT2D eigenvalue weighted by Crippen LogP contribution is -2.31. The summed E-state index contributed by atoms with van der Waals surface area (Å²) in [7, 11) is -4.14. The summed E-state index contributed by atoms with van der Waals surface area (Å²) in [4.78, 5) is 37.3. The first-order valence-electron chi connectivity index (χ1n) is 10.2. The minimum Gasteiger partial charge on any atom is -0.470 e. The smallest absolute Gasteiger partial charge is 0.470 e. The number of rotatable bonds is 12. The number of H-pyrrole nitrogens is 1. The van der Waals surface area contributed by atoms with Gasteiger partial charge in [0, 0.05) is 12.3 Å². The Labute approximate surface area is 196 Å². The van der Waals surface area contributed by atoms with Gasteiger partial charge in [-0.25, -0.2) is 9.36 Å². The first-order chi connectivity index (χ1) is 16.1. The van der Waals surface area contributed by atoms with Crippen molar-refractivity contribution in [1.82, 2.24) is 14.6 Å². The SMILES string of the molecule is C#CC/C(=C/OP(=O)(NCC(=O)OC(C)C)Oc1ccccc1)OC(C)n1ccc(=O)[nH]c1=O. The molecule has 0 bridgehead atoms. The average molecular weight is 491 g/mol. The van der Waals surface area contributed by atoms with Gasteiger partial charge in [-0.1, -0.05) is 24.1 Å². The molecule has 0 spiro atoms. The Morgan fingerprint density at radius 1 is 1.21 bits per heavy atom. The molecule has 0 fully saturated rings. The summed E-state index contributed by atoms with van der Waals surface area (Å²) >= 11 is 0. The van der Waals surface area contributed by atoms with Crippen LogP contribution in [-0.4, -0.2) is 28.2 Å². The van der Waals surface area contributed by atoms with Crippen molar-refractivity contribution < 1.29 is 27.9 Å². The third-order valence-electron chi connectivity index (χ3n) is 3.92. The number of para-hydroxylation sites is 1. The van der Waals surface area contributed by atoms with E-state index in [0.29, 0.717) is 0 Å². The van der Waals surface area contributed by atoms with Gasteiger partial charge in [-0.15, -0.1) is 6.42 Å². The highest BCUT2D eigenvalue weighted by Gasteiger charge is 2.29. The molecule has 0 radical (unpaired) electrons. The van der Waals surface area contributed by atoms with Gasteiger partial charge in [-0.05, 0) is 32.9 Å². The summed E-state index contributed by atoms with van der Waals surface area (Å²) in [5.74, 6) is 1.96. The maximum atomic E-state index is 13.3. The van der Waals surface area contributed by atoms with Gasteiger partial charge in [-0.3, -0.25) is 19.1 Å². The number of terminal acetylenes is 1. The van der Waals surface area contributed by atoms with E-state index in [1.54, 1.807) is 44.2 Å². The molecule has 1 aromatic carbocycles. The molecule has 0 aliphatic rings. The Bertz CT molecular complexity index is 1200. The van der Waals surface area contributed by atoms with E-state index >= 15 is 0 Å². The van der Waals surface area contributed by atoms with Crippen molar-refractivity contribution in [3.63, 3.8) is 0 Å². The van der Waals surface area contributed by atoms with E-state index in [4.69, 9.17) is 24.9 Å². The van der Waals surface area contributed by atoms with Crippen molar-refractivity contribution in [3.05, 3.63) is 75.5 Å². The molecule has 2 N–H and O–H groups in total. The Morgan fingerprint density at radius 2 is 1.91 bits per heavy atom. The molecular formula is C22H26N3O8P. The molecule has 34 heavy (non-hydrogen) atoms. The molecule has 1 aromatic heterocycles. The van der Waals surface area contributed by atoms with Crippen molar-refractivity contribution >= 4 is 13.7 Å². The molecule has 11 nitrogen and oxygen atoms in total. The lowest BCUT2D eigenvalue weighted by atomic mass is 10.3. The molecule has 2 atom stereocenters. The molecule has 182 valence electrons. The highest BCUT2D eigenvalue weighted by atomic mass is 31.2. The molecule has 12 heteroatoms.